The molecule has 14 atom stereocenters. The minimum absolute atomic E-state index is 0.136. The number of fused-ring (bicyclic) bond motifs is 5. The van der Waals surface area contributed by atoms with Crippen molar-refractivity contribution in [3.63, 3.8) is 0 Å². The fraction of sp³-hybridized carbons (Fsp3) is 0.655. The number of nitrogens with one attached hydrogen (secondary N) is 2. The van der Waals surface area contributed by atoms with E-state index in [9.17, 15) is 38.7 Å². The van der Waals surface area contributed by atoms with E-state index < -0.39 is 170 Å². The van der Waals surface area contributed by atoms with Crippen molar-refractivity contribution in [1.29, 1.82) is 0 Å². The Hall–Kier alpha value is -4.63. The second kappa shape index (κ2) is 25.8. The van der Waals surface area contributed by atoms with Gasteiger partial charge in [-0.25, -0.2) is 19.2 Å². The van der Waals surface area contributed by atoms with Crippen LogP contribution in [0, 0.1) is 34.0 Å². The molecule has 1 amide bonds. The first-order valence-electron chi connectivity index (χ1n) is 27.0. The summed E-state index contributed by atoms with van der Waals surface area (Å²) in [4.78, 5) is 112. The number of aromatic nitrogens is 2. The fourth-order valence-corrected chi connectivity index (χ4v) is 13.4. The van der Waals surface area contributed by atoms with Gasteiger partial charge in [0.1, 0.15) is 37.8 Å². The average Bonchev–Trinajstić information content (AvgIpc) is 1.20. The number of amides is 1. The highest BCUT2D eigenvalue weighted by Crippen LogP contribution is 2.68. The predicted octanol–water partition coefficient (Wildman–Crippen LogP) is 8.78. The number of ketones is 1. The zero-order chi connectivity index (χ0) is 63.2. The van der Waals surface area contributed by atoms with Crippen molar-refractivity contribution in [1.82, 2.24) is 14.9 Å². The van der Waals surface area contributed by atoms with Gasteiger partial charge < -0.3 is 58.4 Å². The molecule has 2 aromatic rings. The summed E-state index contributed by atoms with van der Waals surface area (Å²) in [5, 5.41) is 18.8. The van der Waals surface area contributed by atoms with Gasteiger partial charge in [0.25, 0.3) is 0 Å². The number of likely N-dealkylation sites (N-methyl/N-ethyl adjacent to an activating group) is 1. The van der Waals surface area contributed by atoms with Gasteiger partial charge in [0, 0.05) is 48.6 Å². The summed E-state index contributed by atoms with van der Waals surface area (Å²) in [6, 6.07) is 8.33. The molecule has 5 aliphatic rings. The summed E-state index contributed by atoms with van der Waals surface area (Å²) in [6.07, 6.45) is -15.6. The lowest BCUT2D eigenvalue weighted by atomic mass is 9.39. The highest BCUT2D eigenvalue weighted by Gasteiger charge is 2.73. The van der Waals surface area contributed by atoms with Crippen LogP contribution < -0.4 is 16.3 Å². The number of carbonyl (C=O) groups is 7. The minimum atomic E-state index is -4.26. The molecular weight excluding hydrogens is 1260 g/mol. The number of halogens is 8. The van der Waals surface area contributed by atoms with Crippen LogP contribution in [-0.2, 0) is 66.6 Å². The lowest BCUT2D eigenvalue weighted by Crippen LogP contribution is -2.74. The number of benzene rings is 1. The molecule has 3 heterocycles. The molecule has 0 radical (unpaired) electrons. The highest BCUT2D eigenvalue weighted by molar-refractivity contribution is 6.68. The van der Waals surface area contributed by atoms with Gasteiger partial charge in [-0.2, -0.15) is 13.8 Å². The van der Waals surface area contributed by atoms with Gasteiger partial charge in [-0.05, 0) is 67.3 Å². The molecule has 0 unspecified atom stereocenters. The van der Waals surface area contributed by atoms with Gasteiger partial charge in [-0.15, -0.1) is 0 Å². The van der Waals surface area contributed by atoms with E-state index in [2.05, 4.69) is 20.4 Å². The van der Waals surface area contributed by atoms with Crippen molar-refractivity contribution < 1.29 is 90.1 Å². The standard InChI is InChI=1S/C55H66Cl6F2N4O18/c1-26-20-33-50(7,23-78-33)41-28(3)52(76)21-31(27(2)37(49(52,5)6)39(42(71)51(26,41)8)84-47(74)79-24-53(56,57)58)81-44(72)40(38(64-9)30-14-11-10-12-15-30)83-36(70)17-13-16-35(69)77-22-32-43(85-48(75)80-25-54(59,60)61)55(62,63)45(82-32)67-19-18-34(65-29(4)68)66-46(67)73/h10-12,14-15,18-19,26,28,31-33,38-41,43,45,64,76H,13,16-17,20-25H2,1-9H3,(H,65,66,68,73)/t26-,28-,31-,32+,33+,38-,39+,40+,41+,43+,45+,50+,51+,52+/m0/s1. The monoisotopic (exact) mass is 1320 g/mol. The second-order valence-corrected chi connectivity index (χ2v) is 28.0. The molecule has 1 aromatic carbocycles. The number of ether oxygens (including phenoxy) is 9. The first-order chi connectivity index (χ1) is 39.4. The molecule has 30 heteroatoms. The van der Waals surface area contributed by atoms with Crippen LogP contribution in [0.5, 0.6) is 0 Å². The Bertz CT molecular complexity index is 2980. The van der Waals surface area contributed by atoms with E-state index >= 15 is 13.6 Å². The molecule has 3 aliphatic carbocycles. The van der Waals surface area contributed by atoms with Crippen molar-refractivity contribution in [3.05, 3.63) is 69.8 Å². The van der Waals surface area contributed by atoms with Gasteiger partial charge in [0.2, 0.25) is 31.9 Å². The molecule has 0 spiro atoms. The van der Waals surface area contributed by atoms with E-state index in [1.807, 2.05) is 27.7 Å². The van der Waals surface area contributed by atoms with Crippen molar-refractivity contribution in [2.75, 3.05) is 38.8 Å². The van der Waals surface area contributed by atoms with Crippen LogP contribution in [0.2, 0.25) is 0 Å². The van der Waals surface area contributed by atoms with Crippen LogP contribution in [0.25, 0.3) is 0 Å². The summed E-state index contributed by atoms with van der Waals surface area (Å²) < 4.78 is 78.2. The fourth-order valence-electron chi connectivity index (χ4n) is 13.0. The Balaban J connectivity index is 1.11. The van der Waals surface area contributed by atoms with Crippen molar-refractivity contribution in [2.24, 2.45) is 34.0 Å². The third kappa shape index (κ3) is 14.1. The van der Waals surface area contributed by atoms with Crippen molar-refractivity contribution >= 4 is 117 Å². The second-order valence-electron chi connectivity index (χ2n) is 23.0. The van der Waals surface area contributed by atoms with Crippen molar-refractivity contribution in [2.45, 2.75) is 155 Å². The smallest absolute Gasteiger partial charge is 0.463 e. The number of rotatable bonds is 18. The summed E-state index contributed by atoms with van der Waals surface area (Å²) >= 11 is 34.6. The molecule has 85 heavy (non-hydrogen) atoms. The van der Waals surface area contributed by atoms with Gasteiger partial charge in [0.15, 0.2) is 11.9 Å². The number of esters is 3. The molecule has 4 fully saturated rings. The maximum Gasteiger partial charge on any atom is 0.509 e. The molecule has 22 nitrogen and oxygen atoms in total. The van der Waals surface area contributed by atoms with E-state index in [1.165, 1.54) is 7.05 Å². The summed E-state index contributed by atoms with van der Waals surface area (Å²) in [6.45, 7) is 11.3. The Morgan fingerprint density at radius 3 is 2.06 bits per heavy atom. The Morgan fingerprint density at radius 2 is 1.49 bits per heavy atom. The number of aliphatic hydroxyl groups is 1. The number of carbonyl (C=O) groups excluding carboxylic acids is 7. The van der Waals surface area contributed by atoms with Gasteiger partial charge >= 0.3 is 41.8 Å². The van der Waals surface area contributed by atoms with E-state index in [-0.39, 0.29) is 48.4 Å². The van der Waals surface area contributed by atoms with Crippen LogP contribution >= 0.6 is 69.6 Å². The summed E-state index contributed by atoms with van der Waals surface area (Å²) in [5.41, 5.74) is -5.54. The lowest BCUT2D eigenvalue weighted by Gasteiger charge is -2.69. The maximum atomic E-state index is 16.2. The molecule has 7 rings (SSSR count). The average molecular weight is 1320 g/mol. The third-order valence-electron chi connectivity index (χ3n) is 17.3. The normalized spacial score (nSPS) is 31.0. The van der Waals surface area contributed by atoms with Gasteiger partial charge in [-0.1, -0.05) is 141 Å². The van der Waals surface area contributed by atoms with Crippen LogP contribution in [-0.4, -0.2) is 146 Å². The van der Waals surface area contributed by atoms with Crippen LogP contribution in [0.3, 0.4) is 0 Å². The quantitative estimate of drug-likeness (QED) is 0.0544. The van der Waals surface area contributed by atoms with Crippen LogP contribution in [0.15, 0.2) is 58.5 Å². The van der Waals surface area contributed by atoms with Crippen molar-refractivity contribution in [3.8, 4) is 0 Å². The topological polar surface area (TPSA) is 282 Å². The largest absolute Gasteiger partial charge is 0.509 e. The van der Waals surface area contributed by atoms with E-state index in [4.69, 9.17) is 108 Å². The zero-order valence-corrected chi connectivity index (χ0v) is 52.1. The third-order valence-corrected chi connectivity index (χ3v) is 18.0. The minimum Gasteiger partial charge on any atom is -0.463 e. The maximum absolute atomic E-state index is 16.2. The number of Topliss-reactive ketones (excluding diaryl/α,β-unsaturated/α-hetero) is 1. The number of hydrogen-bond donors (Lipinski definition) is 3. The molecule has 2 saturated carbocycles. The SMILES string of the molecule is CN[C@@H](c1ccccc1)[C@@H](OC(=O)CCCC(=O)OC[C@H]1O[C@@H](n2ccc(NC(C)=O)nc2=O)C(F)(F)[C@@H]1OC(=O)OCC(Cl)(Cl)Cl)C(=O)O[C@H]1C[C@@]2(O)[C@@H](C)[C@@H]3[C@]4(C)CO[C@@H]4C[C@H](C)[C@@]3(C)C(=O)[C@H](OC(=O)OCC(Cl)(Cl)Cl)C(=C1C)C2(C)C. The Morgan fingerprint density at radius 1 is 0.882 bits per heavy atom. The number of hydrogen-bond acceptors (Lipinski definition) is 20. The summed E-state index contributed by atoms with van der Waals surface area (Å²) in [5.74, 6) is -10.5. The first kappa shape index (κ1) is 67.9. The van der Waals surface area contributed by atoms with Gasteiger partial charge in [0.05, 0.1) is 24.4 Å². The van der Waals surface area contributed by atoms with E-state index in [1.54, 1.807) is 51.1 Å². The molecule has 1 aromatic heterocycles. The van der Waals surface area contributed by atoms with Gasteiger partial charge in [-0.3, -0.25) is 23.7 Å². The molecule has 2 bridgehead atoms. The Labute approximate surface area is 517 Å². The lowest BCUT2D eigenvalue weighted by molar-refractivity contribution is -0.293. The molecule has 470 valence electrons. The highest BCUT2D eigenvalue weighted by atomic mass is 35.6. The van der Waals surface area contributed by atoms with E-state index in [0.717, 1.165) is 19.2 Å². The number of anilines is 1. The number of alkyl halides is 8. The summed E-state index contributed by atoms with van der Waals surface area (Å²) in [7, 11) is 1.50. The first-order valence-corrected chi connectivity index (χ1v) is 29.3. The predicted molar refractivity (Wildman–Crippen MR) is 301 cm³/mol. The molecule has 2 aliphatic heterocycles. The number of nitrogens with zero attached hydrogens (tertiary/aromatic N) is 2. The van der Waals surface area contributed by atoms with Crippen LogP contribution in [0.1, 0.15) is 105 Å². The Kier molecular flexibility index (Phi) is 20.6. The molecule has 2 saturated heterocycles. The molecular formula is C55H66Cl6F2N4O18. The van der Waals surface area contributed by atoms with E-state index in [0.29, 0.717) is 16.6 Å². The molecule has 3 N–H and O–H groups in total. The zero-order valence-electron chi connectivity index (χ0n) is 47.6. The van der Waals surface area contributed by atoms with Crippen LogP contribution in [0.4, 0.5) is 24.2 Å².